The van der Waals surface area contributed by atoms with Gasteiger partial charge < -0.3 is 19.4 Å². The molecule has 0 radical (unpaired) electrons. The van der Waals surface area contributed by atoms with Crippen molar-refractivity contribution in [2.75, 3.05) is 33.0 Å². The van der Waals surface area contributed by atoms with Crippen LogP contribution in [0.25, 0.3) is 11.5 Å². The summed E-state index contributed by atoms with van der Waals surface area (Å²) in [6.45, 7) is 8.37. The predicted octanol–water partition coefficient (Wildman–Crippen LogP) is 6.29. The summed E-state index contributed by atoms with van der Waals surface area (Å²) in [6.07, 6.45) is 9.90. The molecule has 0 fully saturated rings. The van der Waals surface area contributed by atoms with Gasteiger partial charge in [0.15, 0.2) is 0 Å². The molecule has 6 nitrogen and oxygen atoms in total. The van der Waals surface area contributed by atoms with Gasteiger partial charge in [0.25, 0.3) is 0 Å². The van der Waals surface area contributed by atoms with Crippen LogP contribution in [-0.2, 0) is 23.5 Å². The van der Waals surface area contributed by atoms with E-state index in [1.807, 2.05) is 30.4 Å². The maximum atomic E-state index is 5.88. The Morgan fingerprint density at radius 3 is 2.61 bits per heavy atom. The van der Waals surface area contributed by atoms with Crippen LogP contribution in [0.5, 0.6) is 0 Å². The lowest BCUT2D eigenvalue weighted by atomic mass is 10.0. The fourth-order valence-corrected chi connectivity index (χ4v) is 4.45. The SMILES string of the molecule is C=C(/C=C\C=C/CC)OCCSCc1nnc(-c2ccc(CNC(Cc3ccccc3)CN(C)C)cc2)o1. The van der Waals surface area contributed by atoms with Gasteiger partial charge in [-0.05, 0) is 56.3 Å². The molecule has 0 amide bonds. The minimum atomic E-state index is 0.367. The lowest BCUT2D eigenvalue weighted by Gasteiger charge is -2.23. The third kappa shape index (κ3) is 11.1. The molecule has 1 heterocycles. The fourth-order valence-electron chi connectivity index (χ4n) is 3.81. The highest BCUT2D eigenvalue weighted by Crippen LogP contribution is 2.21. The number of thioether (sulfide) groups is 1. The van der Waals surface area contributed by atoms with E-state index in [0.717, 1.165) is 37.2 Å². The number of hydrogen-bond donors (Lipinski definition) is 1. The van der Waals surface area contributed by atoms with Gasteiger partial charge in [-0.25, -0.2) is 0 Å². The van der Waals surface area contributed by atoms with Crippen molar-refractivity contribution in [3.8, 4) is 11.5 Å². The van der Waals surface area contributed by atoms with Gasteiger partial charge >= 0.3 is 0 Å². The fraction of sp³-hybridized carbons (Fsp3) is 0.355. The number of benzene rings is 2. The summed E-state index contributed by atoms with van der Waals surface area (Å²) in [5, 5.41) is 12.2. The molecule has 0 saturated carbocycles. The Kier molecular flexibility index (Phi) is 12.9. The van der Waals surface area contributed by atoms with Crippen molar-refractivity contribution in [1.82, 2.24) is 20.4 Å². The number of rotatable bonds is 17. The van der Waals surface area contributed by atoms with E-state index in [1.165, 1.54) is 11.1 Å². The second kappa shape index (κ2) is 16.7. The molecule has 1 unspecified atom stereocenters. The molecular formula is C31H40N4O2S. The quantitative estimate of drug-likeness (QED) is 0.125. The first kappa shape index (κ1) is 29.4. The molecule has 0 spiro atoms. The first-order valence-corrected chi connectivity index (χ1v) is 14.2. The Balaban J connectivity index is 1.42. The maximum absolute atomic E-state index is 5.88. The molecule has 38 heavy (non-hydrogen) atoms. The molecular weight excluding hydrogens is 492 g/mol. The lowest BCUT2D eigenvalue weighted by Crippen LogP contribution is -2.39. The zero-order valence-corrected chi connectivity index (χ0v) is 23.6. The Labute approximate surface area is 231 Å². The summed E-state index contributed by atoms with van der Waals surface area (Å²) in [5.74, 6) is 3.29. The molecule has 0 aliphatic rings. The number of nitrogens with zero attached hydrogens (tertiary/aromatic N) is 3. The van der Waals surface area contributed by atoms with Gasteiger partial charge in [-0.1, -0.05) is 74.2 Å². The molecule has 1 N–H and O–H groups in total. The third-order valence-corrected chi connectivity index (χ3v) is 6.59. The van der Waals surface area contributed by atoms with Crippen molar-refractivity contribution in [2.45, 2.75) is 38.1 Å². The summed E-state index contributed by atoms with van der Waals surface area (Å²) < 4.78 is 11.5. The molecule has 3 rings (SSSR count). The second-order valence-electron chi connectivity index (χ2n) is 9.29. The molecule has 1 aromatic heterocycles. The average molecular weight is 533 g/mol. The van der Waals surface area contributed by atoms with Crippen molar-refractivity contribution < 1.29 is 9.15 Å². The van der Waals surface area contributed by atoms with E-state index >= 15 is 0 Å². The van der Waals surface area contributed by atoms with Crippen LogP contribution in [0.15, 0.2) is 95.7 Å². The Morgan fingerprint density at radius 2 is 1.87 bits per heavy atom. The maximum Gasteiger partial charge on any atom is 0.247 e. The molecule has 2 aromatic carbocycles. The molecule has 0 saturated heterocycles. The molecule has 3 aromatic rings. The van der Waals surface area contributed by atoms with E-state index in [1.54, 1.807) is 11.8 Å². The lowest BCUT2D eigenvalue weighted by molar-refractivity contribution is 0.247. The summed E-state index contributed by atoms with van der Waals surface area (Å²) in [7, 11) is 4.23. The van der Waals surface area contributed by atoms with Crippen LogP contribution in [-0.4, -0.2) is 54.1 Å². The van der Waals surface area contributed by atoms with Gasteiger partial charge in [-0.15, -0.1) is 22.0 Å². The number of likely N-dealkylation sites (N-methyl/N-ethyl adjacent to an activating group) is 1. The Bertz CT molecular complexity index is 1140. The third-order valence-electron chi connectivity index (χ3n) is 5.68. The van der Waals surface area contributed by atoms with Crippen LogP contribution in [0, 0.1) is 0 Å². The van der Waals surface area contributed by atoms with Crippen molar-refractivity contribution in [3.05, 3.63) is 108 Å². The van der Waals surface area contributed by atoms with Crippen molar-refractivity contribution in [3.63, 3.8) is 0 Å². The van der Waals surface area contributed by atoms with Gasteiger partial charge in [-0.3, -0.25) is 0 Å². The Morgan fingerprint density at radius 1 is 1.08 bits per heavy atom. The Hall–Kier alpha value is -3.13. The van der Waals surface area contributed by atoms with Gasteiger partial charge in [0.05, 0.1) is 12.4 Å². The van der Waals surface area contributed by atoms with E-state index < -0.39 is 0 Å². The number of nitrogens with one attached hydrogen (secondary N) is 1. The van der Waals surface area contributed by atoms with Crippen LogP contribution in [0.2, 0.25) is 0 Å². The highest BCUT2D eigenvalue weighted by molar-refractivity contribution is 7.98. The molecule has 7 heteroatoms. The van der Waals surface area contributed by atoms with Gasteiger partial charge in [0.1, 0.15) is 5.76 Å². The van der Waals surface area contributed by atoms with Gasteiger partial charge in [0.2, 0.25) is 11.8 Å². The molecule has 0 aliphatic heterocycles. The van der Waals surface area contributed by atoms with E-state index in [2.05, 4.69) is 96.6 Å². The molecule has 0 bridgehead atoms. The summed E-state index contributed by atoms with van der Waals surface area (Å²) >= 11 is 1.69. The van der Waals surface area contributed by atoms with Gasteiger partial charge in [0, 0.05) is 30.4 Å². The van der Waals surface area contributed by atoms with Gasteiger partial charge in [-0.2, -0.15) is 0 Å². The van der Waals surface area contributed by atoms with Crippen LogP contribution in [0.1, 0.15) is 30.4 Å². The zero-order valence-electron chi connectivity index (χ0n) is 22.8. The highest BCUT2D eigenvalue weighted by Gasteiger charge is 2.12. The van der Waals surface area contributed by atoms with Crippen molar-refractivity contribution in [1.29, 1.82) is 0 Å². The predicted molar refractivity (Wildman–Crippen MR) is 159 cm³/mol. The largest absolute Gasteiger partial charge is 0.493 e. The first-order valence-electron chi connectivity index (χ1n) is 13.1. The summed E-state index contributed by atoms with van der Waals surface area (Å²) in [5.41, 5.74) is 3.49. The monoisotopic (exact) mass is 532 g/mol. The number of allylic oxidation sites excluding steroid dienone is 4. The number of ether oxygens (including phenoxy) is 1. The van der Waals surface area contributed by atoms with Crippen LogP contribution >= 0.6 is 11.8 Å². The molecule has 202 valence electrons. The smallest absolute Gasteiger partial charge is 0.247 e. The molecule has 1 atom stereocenters. The highest BCUT2D eigenvalue weighted by atomic mass is 32.2. The summed E-state index contributed by atoms with van der Waals surface area (Å²) in [4.78, 5) is 2.23. The topological polar surface area (TPSA) is 63.4 Å². The standard InChI is InChI=1S/C31H40N4O2S/c1-5-6-7-9-12-25(2)36-19-20-38-24-30-33-34-31(37-30)28-17-15-27(16-18-28)22-32-29(23-35(3)4)21-26-13-10-8-11-14-26/h6-18,29,32H,2,5,19-24H2,1,3-4H3/b7-6-,12-9-. The zero-order chi connectivity index (χ0) is 27.0. The second-order valence-corrected chi connectivity index (χ2v) is 10.4. The van der Waals surface area contributed by atoms with E-state index in [-0.39, 0.29) is 0 Å². The summed E-state index contributed by atoms with van der Waals surface area (Å²) in [6, 6.07) is 19.3. The number of hydrogen-bond acceptors (Lipinski definition) is 7. The van der Waals surface area contributed by atoms with Crippen molar-refractivity contribution >= 4 is 11.8 Å². The minimum Gasteiger partial charge on any atom is -0.493 e. The van der Waals surface area contributed by atoms with E-state index in [9.17, 15) is 0 Å². The van der Waals surface area contributed by atoms with Crippen molar-refractivity contribution in [2.24, 2.45) is 0 Å². The van der Waals surface area contributed by atoms with E-state index in [0.29, 0.717) is 35.9 Å². The molecule has 0 aliphatic carbocycles. The normalized spacial score (nSPS) is 12.5. The minimum absolute atomic E-state index is 0.367. The number of aromatic nitrogens is 2. The van der Waals surface area contributed by atoms with Crippen LogP contribution in [0.3, 0.4) is 0 Å². The average Bonchev–Trinajstić information content (AvgIpc) is 3.39. The first-order chi connectivity index (χ1) is 18.5. The van der Waals surface area contributed by atoms with Crippen LogP contribution in [0.4, 0.5) is 0 Å². The van der Waals surface area contributed by atoms with Crippen LogP contribution < -0.4 is 5.32 Å². The van der Waals surface area contributed by atoms with E-state index in [4.69, 9.17) is 9.15 Å².